The molecule has 0 saturated carbocycles. The summed E-state index contributed by atoms with van der Waals surface area (Å²) < 4.78 is 26.3. The highest BCUT2D eigenvalue weighted by Crippen LogP contribution is 2.34. The number of likely N-dealkylation sites (N-methyl/N-ethyl adjacent to an activating group) is 1. The number of hydrogen-bond acceptors (Lipinski definition) is 8. The number of nitrogens with zero attached hydrogens (tertiary/aromatic N) is 4. The molecular formula is C28H31FN6O2. The topological polar surface area (TPSA) is 88.8 Å². The van der Waals surface area contributed by atoms with Gasteiger partial charge in [0.25, 0.3) is 0 Å². The van der Waals surface area contributed by atoms with Crippen LogP contribution in [0.3, 0.4) is 0 Å². The predicted octanol–water partition coefficient (Wildman–Crippen LogP) is 4.54. The molecule has 1 aliphatic rings. The van der Waals surface area contributed by atoms with E-state index in [1.54, 1.807) is 12.1 Å². The van der Waals surface area contributed by atoms with Gasteiger partial charge in [0.15, 0.2) is 0 Å². The maximum atomic E-state index is 15.2. The Kier molecular flexibility index (Phi) is 7.34. The van der Waals surface area contributed by atoms with Crippen LogP contribution in [0.5, 0.6) is 5.75 Å². The van der Waals surface area contributed by atoms with Crippen molar-refractivity contribution < 1.29 is 13.9 Å². The summed E-state index contributed by atoms with van der Waals surface area (Å²) in [5, 5.41) is 3.90. The van der Waals surface area contributed by atoms with Gasteiger partial charge in [0.05, 0.1) is 18.7 Å². The molecule has 3 N–H and O–H groups in total. The summed E-state index contributed by atoms with van der Waals surface area (Å²) in [6.07, 6.45) is 0. The number of rotatable bonds is 8. The number of anilines is 4. The van der Waals surface area contributed by atoms with E-state index in [9.17, 15) is 0 Å². The first-order valence-electron chi connectivity index (χ1n) is 12.3. The van der Waals surface area contributed by atoms with E-state index in [1.165, 1.54) is 6.07 Å². The Hall–Kier alpha value is -3.95. The molecule has 1 fully saturated rings. The van der Waals surface area contributed by atoms with Crippen LogP contribution in [0.4, 0.5) is 27.5 Å². The van der Waals surface area contributed by atoms with E-state index in [0.717, 1.165) is 44.2 Å². The number of para-hydroxylation sites is 1. The van der Waals surface area contributed by atoms with Gasteiger partial charge in [-0.25, -0.2) is 9.37 Å². The second-order valence-electron chi connectivity index (χ2n) is 9.20. The lowest BCUT2D eigenvalue weighted by molar-refractivity contribution is 0.122. The molecule has 9 heteroatoms. The van der Waals surface area contributed by atoms with Crippen molar-refractivity contribution in [3.63, 3.8) is 0 Å². The molecule has 1 saturated heterocycles. The number of nitrogens with two attached hydrogens (primary N) is 1. The Bertz CT molecular complexity index is 1370. The summed E-state index contributed by atoms with van der Waals surface area (Å²) in [6, 6.07) is 18.5. The van der Waals surface area contributed by atoms with E-state index in [4.69, 9.17) is 20.2 Å². The number of hydrogen-bond donors (Lipinski definition) is 2. The molecule has 0 aliphatic carbocycles. The van der Waals surface area contributed by atoms with Crippen LogP contribution in [0.2, 0.25) is 0 Å². The van der Waals surface area contributed by atoms with Gasteiger partial charge in [0.2, 0.25) is 5.95 Å². The van der Waals surface area contributed by atoms with Gasteiger partial charge >= 0.3 is 0 Å². The Balaban J connectivity index is 1.41. The van der Waals surface area contributed by atoms with Crippen molar-refractivity contribution in [1.82, 2.24) is 14.9 Å². The third-order valence-electron chi connectivity index (χ3n) is 6.29. The van der Waals surface area contributed by atoms with Crippen LogP contribution in [0.1, 0.15) is 0 Å². The van der Waals surface area contributed by atoms with E-state index in [1.807, 2.05) is 49.3 Å². The Morgan fingerprint density at radius 1 is 1.03 bits per heavy atom. The zero-order valence-electron chi connectivity index (χ0n) is 21.1. The predicted molar refractivity (Wildman–Crippen MR) is 146 cm³/mol. The molecule has 0 radical (unpaired) electrons. The average Bonchev–Trinajstić information content (AvgIpc) is 2.90. The molecular weight excluding hydrogens is 471 g/mol. The van der Waals surface area contributed by atoms with E-state index in [2.05, 4.69) is 27.3 Å². The minimum absolute atomic E-state index is 0.323. The fraction of sp³-hybridized carbons (Fsp3) is 0.286. The largest absolute Gasteiger partial charge is 0.492 e. The van der Waals surface area contributed by atoms with Gasteiger partial charge in [-0.05, 0) is 56.6 Å². The van der Waals surface area contributed by atoms with Crippen LogP contribution in [0, 0.1) is 5.82 Å². The summed E-state index contributed by atoms with van der Waals surface area (Å²) in [5.41, 5.74) is 9.89. The quantitative estimate of drug-likeness (QED) is 0.363. The normalized spacial score (nSPS) is 13.8. The molecule has 1 aliphatic heterocycles. The fourth-order valence-corrected chi connectivity index (χ4v) is 4.31. The molecule has 8 nitrogen and oxygen atoms in total. The number of nitrogens with one attached hydrogen (secondary N) is 1. The number of nitrogen functional groups attached to an aromatic ring is 1. The Morgan fingerprint density at radius 2 is 1.81 bits per heavy atom. The van der Waals surface area contributed by atoms with Crippen LogP contribution in [0.25, 0.3) is 22.0 Å². The number of fused-ring (bicyclic) bond motifs is 1. The maximum absolute atomic E-state index is 15.2. The van der Waals surface area contributed by atoms with Crippen molar-refractivity contribution in [3.05, 3.63) is 66.5 Å². The van der Waals surface area contributed by atoms with Crippen LogP contribution >= 0.6 is 0 Å². The van der Waals surface area contributed by atoms with Gasteiger partial charge in [0.1, 0.15) is 24.0 Å². The van der Waals surface area contributed by atoms with Gasteiger partial charge < -0.3 is 30.3 Å². The lowest BCUT2D eigenvalue weighted by atomic mass is 10.0. The molecule has 192 valence electrons. The Morgan fingerprint density at radius 3 is 2.54 bits per heavy atom. The molecule has 0 atom stereocenters. The molecule has 2 heterocycles. The van der Waals surface area contributed by atoms with Crippen LogP contribution < -0.4 is 20.7 Å². The second kappa shape index (κ2) is 11.0. The van der Waals surface area contributed by atoms with E-state index in [0.29, 0.717) is 46.2 Å². The molecule has 0 unspecified atom stereocenters. The summed E-state index contributed by atoms with van der Waals surface area (Å²) in [4.78, 5) is 13.5. The number of ether oxygens (including phenoxy) is 2. The summed E-state index contributed by atoms with van der Waals surface area (Å²) in [6.45, 7) is 4.44. The average molecular weight is 503 g/mol. The van der Waals surface area contributed by atoms with Crippen molar-refractivity contribution in [2.24, 2.45) is 0 Å². The summed E-state index contributed by atoms with van der Waals surface area (Å²) >= 11 is 0. The van der Waals surface area contributed by atoms with Crippen molar-refractivity contribution in [2.45, 2.75) is 0 Å². The number of halogens is 1. The number of benzene rings is 3. The highest BCUT2D eigenvalue weighted by molar-refractivity contribution is 5.99. The van der Waals surface area contributed by atoms with Crippen molar-refractivity contribution in [3.8, 4) is 16.9 Å². The van der Waals surface area contributed by atoms with Gasteiger partial charge in [-0.1, -0.05) is 12.1 Å². The molecule has 3 aromatic carbocycles. The first-order valence-corrected chi connectivity index (χ1v) is 12.3. The van der Waals surface area contributed by atoms with Gasteiger partial charge in [0, 0.05) is 53.6 Å². The molecule has 0 amide bonds. The fourth-order valence-electron chi connectivity index (χ4n) is 4.31. The first kappa shape index (κ1) is 24.7. The molecule has 0 bridgehead atoms. The first-order chi connectivity index (χ1) is 18.0. The maximum Gasteiger partial charge on any atom is 0.229 e. The Labute approximate surface area is 215 Å². The molecule has 0 spiro atoms. The van der Waals surface area contributed by atoms with Crippen molar-refractivity contribution in [1.29, 1.82) is 0 Å². The smallest absolute Gasteiger partial charge is 0.229 e. The zero-order valence-corrected chi connectivity index (χ0v) is 21.1. The number of aromatic nitrogens is 2. The van der Waals surface area contributed by atoms with E-state index >= 15 is 4.39 Å². The minimum atomic E-state index is -0.389. The number of morpholine rings is 1. The standard InChI is InChI=1S/C28H31FN6O2/c1-34(2)12-17-37-21-10-11-22(25(29)18-21)23-4-3-5-24-26(23)32-28(33-27(24)30)31-19-6-8-20(9-7-19)35-13-15-36-16-14-35/h3-11,18H,12-17H2,1-2H3,(H3,30,31,32,33). The summed E-state index contributed by atoms with van der Waals surface area (Å²) in [5.74, 6) is 0.768. The molecule has 4 aromatic rings. The van der Waals surface area contributed by atoms with Crippen molar-refractivity contribution >= 4 is 34.0 Å². The van der Waals surface area contributed by atoms with Gasteiger partial charge in [-0.2, -0.15) is 4.98 Å². The monoisotopic (exact) mass is 502 g/mol. The van der Waals surface area contributed by atoms with Crippen LogP contribution in [-0.4, -0.2) is 68.4 Å². The zero-order chi connectivity index (χ0) is 25.8. The van der Waals surface area contributed by atoms with Gasteiger partial charge in [-0.15, -0.1) is 0 Å². The third-order valence-corrected chi connectivity index (χ3v) is 6.29. The second-order valence-corrected chi connectivity index (χ2v) is 9.20. The van der Waals surface area contributed by atoms with Gasteiger partial charge in [-0.3, -0.25) is 0 Å². The van der Waals surface area contributed by atoms with Crippen molar-refractivity contribution in [2.75, 3.05) is 69.5 Å². The highest BCUT2D eigenvalue weighted by Gasteiger charge is 2.15. The molecule has 5 rings (SSSR count). The highest BCUT2D eigenvalue weighted by atomic mass is 19.1. The lowest BCUT2D eigenvalue weighted by Gasteiger charge is -2.28. The third kappa shape index (κ3) is 5.73. The van der Waals surface area contributed by atoms with Crippen LogP contribution in [-0.2, 0) is 4.74 Å². The minimum Gasteiger partial charge on any atom is -0.492 e. The van der Waals surface area contributed by atoms with Crippen LogP contribution in [0.15, 0.2) is 60.7 Å². The van der Waals surface area contributed by atoms with E-state index in [-0.39, 0.29) is 5.82 Å². The molecule has 1 aromatic heterocycles. The summed E-state index contributed by atoms with van der Waals surface area (Å²) in [7, 11) is 3.93. The molecule has 37 heavy (non-hydrogen) atoms. The van der Waals surface area contributed by atoms with E-state index < -0.39 is 0 Å². The lowest BCUT2D eigenvalue weighted by Crippen LogP contribution is -2.36. The SMILES string of the molecule is CN(C)CCOc1ccc(-c2cccc3c(N)nc(Nc4ccc(N5CCOCC5)cc4)nc23)c(F)c1.